The Hall–Kier alpha value is -2.30. The van der Waals surface area contributed by atoms with Gasteiger partial charge in [-0.2, -0.15) is 0 Å². The van der Waals surface area contributed by atoms with Crippen LogP contribution in [0.25, 0.3) is 0 Å². The van der Waals surface area contributed by atoms with Gasteiger partial charge >= 0.3 is 0 Å². The van der Waals surface area contributed by atoms with Crippen LogP contribution >= 0.6 is 0 Å². The number of nitrogens with one attached hydrogen (secondary N) is 2. The van der Waals surface area contributed by atoms with Crippen molar-refractivity contribution in [1.29, 1.82) is 0 Å². The number of hydrogen-bond acceptors (Lipinski definition) is 6. The highest BCUT2D eigenvalue weighted by Gasteiger charge is 2.23. The van der Waals surface area contributed by atoms with Gasteiger partial charge < -0.3 is 10.1 Å². The van der Waals surface area contributed by atoms with E-state index in [0.29, 0.717) is 18.9 Å². The molecule has 2 aromatic rings. The molecule has 0 aromatic heterocycles. The van der Waals surface area contributed by atoms with E-state index in [1.54, 1.807) is 0 Å². The first kappa shape index (κ1) is 22.4. The smallest absolute Gasteiger partial charge is 0.241 e. The van der Waals surface area contributed by atoms with Crippen molar-refractivity contribution in [2.45, 2.75) is 23.9 Å². The second kappa shape index (κ2) is 10.1. The zero-order chi connectivity index (χ0) is 21.6. The molecule has 2 atom stereocenters. The number of carbonyl (C=O) groups is 1. The number of benzene rings is 2. The quantitative estimate of drug-likeness (QED) is 0.580. The lowest BCUT2D eigenvalue weighted by Crippen LogP contribution is -2.46. The second-order valence-corrected chi connectivity index (χ2v) is 8.88. The van der Waals surface area contributed by atoms with Crippen LogP contribution in [-0.4, -0.2) is 58.1 Å². The summed E-state index contributed by atoms with van der Waals surface area (Å²) < 4.78 is 28.2. The zero-order valence-corrected chi connectivity index (χ0v) is 17.8. The zero-order valence-electron chi connectivity index (χ0n) is 17.0. The Morgan fingerprint density at radius 2 is 1.73 bits per heavy atom. The summed E-state index contributed by atoms with van der Waals surface area (Å²) in [6.45, 7) is 5.74. The lowest BCUT2D eigenvalue weighted by molar-refractivity contribution is -0.118. The summed E-state index contributed by atoms with van der Waals surface area (Å²) in [6, 6.07) is 15.3. The summed E-state index contributed by atoms with van der Waals surface area (Å²) in [5.74, 6) is -0.207. The van der Waals surface area contributed by atoms with Gasteiger partial charge in [0.2, 0.25) is 15.9 Å². The maximum Gasteiger partial charge on any atom is 0.241 e. The highest BCUT2D eigenvalue weighted by Crippen LogP contribution is 2.17. The van der Waals surface area contributed by atoms with Crippen LogP contribution < -0.4 is 15.8 Å². The van der Waals surface area contributed by atoms with Crippen molar-refractivity contribution in [3.8, 4) is 0 Å². The Labute approximate surface area is 177 Å². The number of anilines is 1. The molecule has 4 N–H and O–H groups in total. The maximum absolute atomic E-state index is 12.7. The number of primary sulfonamides is 1. The largest absolute Gasteiger partial charge is 0.379 e. The molecule has 0 radical (unpaired) electrons. The molecule has 1 fully saturated rings. The number of hydrogen-bond donors (Lipinski definition) is 3. The molecule has 9 heteroatoms. The first-order valence-corrected chi connectivity index (χ1v) is 11.4. The molecule has 30 heavy (non-hydrogen) atoms. The molecular formula is C21H28N4O4S. The van der Waals surface area contributed by atoms with Crippen LogP contribution in [0.2, 0.25) is 0 Å². The predicted octanol–water partition coefficient (Wildman–Crippen LogP) is 1.32. The average molecular weight is 433 g/mol. The molecule has 2 aromatic carbocycles. The third-order valence-electron chi connectivity index (χ3n) is 5.04. The third-order valence-corrected chi connectivity index (χ3v) is 5.97. The van der Waals surface area contributed by atoms with Gasteiger partial charge in [-0.3, -0.25) is 15.0 Å². The maximum atomic E-state index is 12.7. The molecule has 162 valence electrons. The van der Waals surface area contributed by atoms with E-state index >= 15 is 0 Å². The van der Waals surface area contributed by atoms with E-state index in [-0.39, 0.29) is 16.8 Å². The van der Waals surface area contributed by atoms with Gasteiger partial charge in [0.05, 0.1) is 24.2 Å². The van der Waals surface area contributed by atoms with Crippen LogP contribution in [0.15, 0.2) is 59.5 Å². The summed E-state index contributed by atoms with van der Waals surface area (Å²) in [4.78, 5) is 15.0. The summed E-state index contributed by atoms with van der Waals surface area (Å²) in [5, 5.41) is 11.3. The fourth-order valence-electron chi connectivity index (χ4n) is 3.34. The van der Waals surface area contributed by atoms with E-state index in [2.05, 4.69) is 27.7 Å². The topological polar surface area (TPSA) is 114 Å². The number of amides is 1. The highest BCUT2D eigenvalue weighted by atomic mass is 32.2. The van der Waals surface area contributed by atoms with Crippen LogP contribution in [0.3, 0.4) is 0 Å². The summed E-state index contributed by atoms with van der Waals surface area (Å²) in [7, 11) is -3.76. The van der Waals surface area contributed by atoms with Crippen molar-refractivity contribution in [2.24, 2.45) is 5.14 Å². The number of nitrogens with zero attached hydrogens (tertiary/aromatic N) is 1. The van der Waals surface area contributed by atoms with E-state index in [0.717, 1.165) is 25.2 Å². The Bertz CT molecular complexity index is 929. The molecule has 0 bridgehead atoms. The fourth-order valence-corrected chi connectivity index (χ4v) is 3.85. The molecule has 2 unspecified atom stereocenters. The van der Waals surface area contributed by atoms with Gasteiger partial charge in [-0.05, 0) is 36.8 Å². The van der Waals surface area contributed by atoms with Crippen LogP contribution in [0.5, 0.6) is 0 Å². The SMILES string of the molecule is CC(NC(CN1CCOCC1)c1ccccc1)C(=O)Nc1ccc(S(N)(=O)=O)cc1. The molecule has 0 saturated carbocycles. The van der Waals surface area contributed by atoms with Crippen LogP contribution in [-0.2, 0) is 19.6 Å². The van der Waals surface area contributed by atoms with Gasteiger partial charge in [0, 0.05) is 31.4 Å². The first-order chi connectivity index (χ1) is 14.3. The van der Waals surface area contributed by atoms with Gasteiger partial charge in [-0.15, -0.1) is 0 Å². The van der Waals surface area contributed by atoms with Crippen molar-refractivity contribution in [1.82, 2.24) is 10.2 Å². The van der Waals surface area contributed by atoms with Crippen molar-refractivity contribution in [3.05, 3.63) is 60.2 Å². The standard InChI is InChI=1S/C21H28N4O4S/c1-16(21(26)24-18-7-9-19(10-8-18)30(22,27)28)23-20(17-5-3-2-4-6-17)15-25-11-13-29-14-12-25/h2-10,16,20,23H,11-15H2,1H3,(H,24,26)(H2,22,27,28). The molecule has 8 nitrogen and oxygen atoms in total. The summed E-state index contributed by atoms with van der Waals surface area (Å²) >= 11 is 0. The van der Waals surface area contributed by atoms with Crippen LogP contribution in [0.1, 0.15) is 18.5 Å². The first-order valence-electron chi connectivity index (χ1n) is 9.88. The van der Waals surface area contributed by atoms with Crippen LogP contribution in [0.4, 0.5) is 5.69 Å². The van der Waals surface area contributed by atoms with E-state index in [1.165, 1.54) is 24.3 Å². The van der Waals surface area contributed by atoms with Crippen molar-refractivity contribution >= 4 is 21.6 Å². The van der Waals surface area contributed by atoms with Crippen molar-refractivity contribution in [3.63, 3.8) is 0 Å². The Morgan fingerprint density at radius 1 is 1.10 bits per heavy atom. The minimum atomic E-state index is -3.76. The number of nitrogens with two attached hydrogens (primary N) is 1. The molecule has 1 saturated heterocycles. The Balaban J connectivity index is 1.65. The van der Waals surface area contributed by atoms with Crippen LogP contribution in [0, 0.1) is 0 Å². The second-order valence-electron chi connectivity index (χ2n) is 7.32. The average Bonchev–Trinajstić information content (AvgIpc) is 2.74. The van der Waals surface area contributed by atoms with E-state index in [4.69, 9.17) is 9.88 Å². The lowest BCUT2D eigenvalue weighted by Gasteiger charge is -2.32. The third kappa shape index (κ3) is 6.35. The molecule has 1 amide bonds. The molecule has 1 aliphatic rings. The van der Waals surface area contributed by atoms with Crippen molar-refractivity contribution in [2.75, 3.05) is 38.2 Å². The van der Waals surface area contributed by atoms with E-state index < -0.39 is 16.1 Å². The lowest BCUT2D eigenvalue weighted by atomic mass is 10.0. The molecule has 1 heterocycles. The van der Waals surface area contributed by atoms with E-state index in [9.17, 15) is 13.2 Å². The molecular weight excluding hydrogens is 404 g/mol. The van der Waals surface area contributed by atoms with E-state index in [1.807, 2.05) is 25.1 Å². The molecule has 3 rings (SSSR count). The highest BCUT2D eigenvalue weighted by molar-refractivity contribution is 7.89. The number of carbonyl (C=O) groups excluding carboxylic acids is 1. The van der Waals surface area contributed by atoms with Gasteiger partial charge in [-0.25, -0.2) is 13.6 Å². The fraction of sp³-hybridized carbons (Fsp3) is 0.381. The normalized spacial score (nSPS) is 17.3. The number of morpholine rings is 1. The minimum absolute atomic E-state index is 0.00123. The Morgan fingerprint density at radius 3 is 2.33 bits per heavy atom. The molecule has 0 spiro atoms. The van der Waals surface area contributed by atoms with Crippen molar-refractivity contribution < 1.29 is 17.9 Å². The van der Waals surface area contributed by atoms with Gasteiger partial charge in [0.1, 0.15) is 0 Å². The van der Waals surface area contributed by atoms with Gasteiger partial charge in [0.15, 0.2) is 0 Å². The summed E-state index contributed by atoms with van der Waals surface area (Å²) in [5.41, 5.74) is 1.62. The number of ether oxygens (including phenoxy) is 1. The van der Waals surface area contributed by atoms with Gasteiger partial charge in [0.25, 0.3) is 0 Å². The number of sulfonamides is 1. The molecule has 0 aliphatic carbocycles. The predicted molar refractivity (Wildman–Crippen MR) is 115 cm³/mol. The molecule has 1 aliphatic heterocycles. The minimum Gasteiger partial charge on any atom is -0.379 e. The summed E-state index contributed by atoms with van der Waals surface area (Å²) in [6.07, 6.45) is 0. The van der Waals surface area contributed by atoms with Gasteiger partial charge in [-0.1, -0.05) is 30.3 Å². The Kier molecular flexibility index (Phi) is 7.57. The number of rotatable bonds is 8. The monoisotopic (exact) mass is 432 g/mol.